The summed E-state index contributed by atoms with van der Waals surface area (Å²) in [4.78, 5) is 15.0. The maximum Gasteiger partial charge on any atom is 0.352 e. The molecular weight excluding hydrogens is 200 g/mol. The van der Waals surface area contributed by atoms with Crippen molar-refractivity contribution in [3.63, 3.8) is 0 Å². The van der Waals surface area contributed by atoms with Gasteiger partial charge in [0.1, 0.15) is 11.3 Å². The first-order valence-corrected chi connectivity index (χ1v) is 4.67. The van der Waals surface area contributed by atoms with Gasteiger partial charge in [-0.15, -0.1) is 0 Å². The van der Waals surface area contributed by atoms with E-state index in [1.807, 2.05) is 0 Å². The van der Waals surface area contributed by atoms with Crippen molar-refractivity contribution in [2.45, 2.75) is 5.75 Å². The fourth-order valence-corrected chi connectivity index (χ4v) is 1.60. The Morgan fingerprint density at radius 1 is 1.57 bits per heavy atom. The average Bonchev–Trinajstić information content (AvgIpc) is 2.59. The van der Waals surface area contributed by atoms with E-state index in [1.54, 1.807) is 28.8 Å². The molecule has 2 aromatic heterocycles. The molecule has 0 bridgehead atoms. The number of hydrogen-bond acceptors (Lipinski definition) is 3. The molecule has 72 valence electrons. The zero-order valence-corrected chi connectivity index (χ0v) is 8.11. The van der Waals surface area contributed by atoms with Crippen LogP contribution in [0.25, 0.3) is 5.65 Å². The minimum Gasteiger partial charge on any atom is -0.477 e. The first-order valence-electron chi connectivity index (χ1n) is 4.03. The highest BCUT2D eigenvalue weighted by Crippen LogP contribution is 2.12. The lowest BCUT2D eigenvalue weighted by Crippen LogP contribution is -2.06. The third-order valence-electron chi connectivity index (χ3n) is 1.98. The predicted molar refractivity (Wildman–Crippen MR) is 54.8 cm³/mol. The van der Waals surface area contributed by atoms with Crippen molar-refractivity contribution in [3.8, 4) is 0 Å². The van der Waals surface area contributed by atoms with Gasteiger partial charge in [-0.25, -0.2) is 9.78 Å². The summed E-state index contributed by atoms with van der Waals surface area (Å²) in [6, 6.07) is 4.98. The van der Waals surface area contributed by atoms with Gasteiger partial charge < -0.3 is 5.11 Å². The standard InChI is InChI=1S/C9H8N2O2S/c12-9(13)7-2-1-3-8-10-4-6(5-14)11(7)8/h1-4,14H,5H2,(H,12,13). The molecule has 0 radical (unpaired) electrons. The van der Waals surface area contributed by atoms with Crippen LogP contribution in [-0.2, 0) is 5.75 Å². The summed E-state index contributed by atoms with van der Waals surface area (Å²) in [7, 11) is 0. The third-order valence-corrected chi connectivity index (χ3v) is 2.31. The largest absolute Gasteiger partial charge is 0.477 e. The fraction of sp³-hybridized carbons (Fsp3) is 0.111. The van der Waals surface area contributed by atoms with Crippen LogP contribution in [0.1, 0.15) is 16.2 Å². The average molecular weight is 208 g/mol. The number of aromatic carboxylic acids is 1. The predicted octanol–water partition coefficient (Wildman–Crippen LogP) is 1.46. The third kappa shape index (κ3) is 1.26. The topological polar surface area (TPSA) is 54.6 Å². The number of imidazole rings is 1. The van der Waals surface area contributed by atoms with E-state index >= 15 is 0 Å². The molecule has 14 heavy (non-hydrogen) atoms. The molecule has 0 fully saturated rings. The number of carboxylic acids is 1. The van der Waals surface area contributed by atoms with Crippen LogP contribution in [0, 0.1) is 0 Å². The molecule has 0 aliphatic heterocycles. The molecule has 5 heteroatoms. The second-order valence-corrected chi connectivity index (χ2v) is 3.13. The molecule has 0 aromatic carbocycles. The van der Waals surface area contributed by atoms with Gasteiger partial charge in [0.15, 0.2) is 0 Å². The number of carbonyl (C=O) groups is 1. The maximum absolute atomic E-state index is 10.9. The van der Waals surface area contributed by atoms with Crippen LogP contribution in [-0.4, -0.2) is 20.5 Å². The summed E-state index contributed by atoms with van der Waals surface area (Å²) in [5.74, 6) is -0.498. The Hall–Kier alpha value is -1.49. The second kappa shape index (κ2) is 3.34. The second-order valence-electron chi connectivity index (χ2n) is 2.82. The van der Waals surface area contributed by atoms with Gasteiger partial charge in [0.2, 0.25) is 0 Å². The Balaban J connectivity index is 2.81. The molecule has 0 aliphatic carbocycles. The lowest BCUT2D eigenvalue weighted by atomic mass is 10.3. The summed E-state index contributed by atoms with van der Waals surface area (Å²) < 4.78 is 1.59. The Labute approximate surface area is 85.6 Å². The number of nitrogens with zero attached hydrogens (tertiary/aromatic N) is 2. The minimum atomic E-state index is -0.961. The monoisotopic (exact) mass is 208 g/mol. The summed E-state index contributed by atoms with van der Waals surface area (Å²) in [5, 5.41) is 8.95. The minimum absolute atomic E-state index is 0.212. The summed E-state index contributed by atoms with van der Waals surface area (Å²) >= 11 is 4.11. The van der Waals surface area contributed by atoms with E-state index in [1.165, 1.54) is 0 Å². The van der Waals surface area contributed by atoms with Crippen LogP contribution in [0.3, 0.4) is 0 Å². The van der Waals surface area contributed by atoms with Crippen LogP contribution < -0.4 is 0 Å². The van der Waals surface area contributed by atoms with Gasteiger partial charge in [-0.05, 0) is 12.1 Å². The number of fused-ring (bicyclic) bond motifs is 1. The zero-order valence-electron chi connectivity index (χ0n) is 7.21. The van der Waals surface area contributed by atoms with E-state index < -0.39 is 5.97 Å². The molecule has 2 heterocycles. The van der Waals surface area contributed by atoms with E-state index in [4.69, 9.17) is 5.11 Å². The van der Waals surface area contributed by atoms with Gasteiger partial charge in [-0.1, -0.05) is 6.07 Å². The van der Waals surface area contributed by atoms with Crippen LogP contribution in [0.2, 0.25) is 0 Å². The van der Waals surface area contributed by atoms with Crippen molar-refractivity contribution >= 4 is 24.2 Å². The molecule has 1 N–H and O–H groups in total. The van der Waals surface area contributed by atoms with Gasteiger partial charge >= 0.3 is 5.97 Å². The van der Waals surface area contributed by atoms with E-state index in [0.717, 1.165) is 5.69 Å². The van der Waals surface area contributed by atoms with Gasteiger partial charge in [-0.2, -0.15) is 12.6 Å². The Bertz CT molecular complexity index is 493. The van der Waals surface area contributed by atoms with E-state index in [0.29, 0.717) is 11.4 Å². The summed E-state index contributed by atoms with van der Waals surface area (Å²) in [6.45, 7) is 0. The first-order chi connectivity index (χ1) is 6.74. The maximum atomic E-state index is 10.9. The van der Waals surface area contributed by atoms with E-state index in [2.05, 4.69) is 17.6 Å². The highest BCUT2D eigenvalue weighted by atomic mass is 32.1. The number of hydrogen-bond donors (Lipinski definition) is 2. The lowest BCUT2D eigenvalue weighted by molar-refractivity contribution is 0.0688. The smallest absolute Gasteiger partial charge is 0.352 e. The van der Waals surface area contributed by atoms with E-state index in [-0.39, 0.29) is 5.69 Å². The number of rotatable bonds is 2. The normalized spacial score (nSPS) is 10.6. The van der Waals surface area contributed by atoms with Crippen LogP contribution in [0.4, 0.5) is 0 Å². The molecule has 0 saturated carbocycles. The number of pyridine rings is 1. The SMILES string of the molecule is O=C(O)c1cccc2ncc(CS)n12. The van der Waals surface area contributed by atoms with Gasteiger partial charge in [0.05, 0.1) is 11.9 Å². The molecular formula is C9H8N2O2S. The Morgan fingerprint density at radius 3 is 3.00 bits per heavy atom. The molecule has 2 aromatic rings. The number of aromatic nitrogens is 2. The molecule has 0 atom stereocenters. The molecule has 2 rings (SSSR count). The fourth-order valence-electron chi connectivity index (χ4n) is 1.38. The van der Waals surface area contributed by atoms with Gasteiger partial charge in [-0.3, -0.25) is 4.40 Å². The molecule has 0 amide bonds. The quantitative estimate of drug-likeness (QED) is 0.735. The van der Waals surface area contributed by atoms with Crippen molar-refractivity contribution < 1.29 is 9.90 Å². The molecule has 0 saturated heterocycles. The van der Waals surface area contributed by atoms with Gasteiger partial charge in [0, 0.05) is 5.75 Å². The highest BCUT2D eigenvalue weighted by Gasteiger charge is 2.10. The van der Waals surface area contributed by atoms with Crippen molar-refractivity contribution in [2.75, 3.05) is 0 Å². The Morgan fingerprint density at radius 2 is 2.36 bits per heavy atom. The summed E-state index contributed by atoms with van der Waals surface area (Å²) in [6.07, 6.45) is 1.63. The molecule has 0 spiro atoms. The Kier molecular flexibility index (Phi) is 2.17. The number of thiol groups is 1. The van der Waals surface area contributed by atoms with Crippen LogP contribution >= 0.6 is 12.6 Å². The number of carboxylic acid groups (broad SMARTS) is 1. The van der Waals surface area contributed by atoms with Crippen LogP contribution in [0.5, 0.6) is 0 Å². The highest BCUT2D eigenvalue weighted by molar-refractivity contribution is 7.79. The van der Waals surface area contributed by atoms with Crippen molar-refractivity contribution in [2.24, 2.45) is 0 Å². The lowest BCUT2D eigenvalue weighted by Gasteiger charge is -2.02. The molecule has 4 nitrogen and oxygen atoms in total. The molecule has 0 aliphatic rings. The van der Waals surface area contributed by atoms with Crippen molar-refractivity contribution in [1.29, 1.82) is 0 Å². The van der Waals surface area contributed by atoms with Crippen molar-refractivity contribution in [1.82, 2.24) is 9.38 Å². The summed E-state index contributed by atoms with van der Waals surface area (Å²) in [5.41, 5.74) is 1.62. The molecule has 0 unspecified atom stereocenters. The van der Waals surface area contributed by atoms with Gasteiger partial charge in [0.25, 0.3) is 0 Å². The van der Waals surface area contributed by atoms with Crippen LogP contribution in [0.15, 0.2) is 24.4 Å². The van der Waals surface area contributed by atoms with E-state index in [9.17, 15) is 4.79 Å². The van der Waals surface area contributed by atoms with Crippen molar-refractivity contribution in [3.05, 3.63) is 35.8 Å². The zero-order chi connectivity index (χ0) is 10.1. The first kappa shape index (κ1) is 9.08.